The van der Waals surface area contributed by atoms with Gasteiger partial charge < -0.3 is 14.9 Å². The van der Waals surface area contributed by atoms with Crippen LogP contribution >= 0.6 is 11.8 Å². The fourth-order valence-electron chi connectivity index (χ4n) is 0.560. The fraction of sp³-hybridized carbons (Fsp3) is 0.857. The lowest BCUT2D eigenvalue weighted by atomic mass is 10.3. The predicted octanol–water partition coefficient (Wildman–Crippen LogP) is -0.364. The van der Waals surface area contributed by atoms with Crippen LogP contribution in [0.5, 0.6) is 0 Å². The van der Waals surface area contributed by atoms with E-state index in [4.69, 9.17) is 14.9 Å². The van der Waals surface area contributed by atoms with Crippen molar-refractivity contribution in [3.05, 3.63) is 0 Å². The largest absolute Gasteiger partial charge is 0.465 e. The van der Waals surface area contributed by atoms with Crippen molar-refractivity contribution in [2.45, 2.75) is 12.5 Å². The van der Waals surface area contributed by atoms with Gasteiger partial charge in [0.15, 0.2) is 0 Å². The second-order valence-corrected chi connectivity index (χ2v) is 3.14. The molecule has 5 heteroatoms. The summed E-state index contributed by atoms with van der Waals surface area (Å²) in [5, 5.41) is 17.3. The number of hydrogen-bond donors (Lipinski definition) is 2. The Morgan fingerprint density at radius 2 is 2.33 bits per heavy atom. The van der Waals surface area contributed by atoms with E-state index in [2.05, 4.69) is 0 Å². The fourth-order valence-corrected chi connectivity index (χ4v) is 0.879. The quantitative estimate of drug-likeness (QED) is 0.565. The van der Waals surface area contributed by atoms with E-state index in [-0.39, 0.29) is 25.6 Å². The van der Waals surface area contributed by atoms with Crippen molar-refractivity contribution in [2.24, 2.45) is 0 Å². The lowest BCUT2D eigenvalue weighted by Crippen LogP contribution is -2.17. The van der Waals surface area contributed by atoms with E-state index in [1.165, 1.54) is 11.8 Å². The van der Waals surface area contributed by atoms with Crippen molar-refractivity contribution >= 4 is 17.7 Å². The molecule has 0 fully saturated rings. The van der Waals surface area contributed by atoms with Crippen LogP contribution in [0.2, 0.25) is 0 Å². The molecule has 0 amide bonds. The lowest BCUT2D eigenvalue weighted by Gasteiger charge is -2.06. The van der Waals surface area contributed by atoms with Gasteiger partial charge in [-0.05, 0) is 6.26 Å². The summed E-state index contributed by atoms with van der Waals surface area (Å²) < 4.78 is 4.72. The minimum absolute atomic E-state index is 0.168. The molecule has 0 bridgehead atoms. The number of thioether (sulfide) groups is 1. The average Bonchev–Trinajstić information content (AvgIpc) is 2.04. The molecule has 72 valence electrons. The Labute approximate surface area is 75.9 Å². The van der Waals surface area contributed by atoms with Crippen LogP contribution in [0.25, 0.3) is 0 Å². The van der Waals surface area contributed by atoms with Crippen LogP contribution in [0.1, 0.15) is 6.42 Å². The molecule has 0 aromatic heterocycles. The highest BCUT2D eigenvalue weighted by atomic mass is 32.2. The smallest absolute Gasteiger partial charge is 0.315 e. The molecule has 2 N–H and O–H groups in total. The molecule has 0 aromatic carbocycles. The number of aliphatic hydroxyl groups is 2. The third kappa shape index (κ3) is 6.45. The standard InChI is InChI=1S/C7H14O4S/c1-12-5-7(10)11-3-2-6(9)4-8/h6,8-9H,2-5H2,1H3. The number of rotatable bonds is 6. The number of aliphatic hydroxyl groups excluding tert-OH is 2. The molecule has 0 heterocycles. The molecule has 4 nitrogen and oxygen atoms in total. The lowest BCUT2D eigenvalue weighted by molar-refractivity contribution is -0.141. The highest BCUT2D eigenvalue weighted by Crippen LogP contribution is 1.95. The number of hydrogen-bond acceptors (Lipinski definition) is 5. The van der Waals surface area contributed by atoms with Gasteiger partial charge in [0.1, 0.15) is 0 Å². The molecule has 0 aliphatic carbocycles. The Hall–Kier alpha value is -0.260. The van der Waals surface area contributed by atoms with E-state index < -0.39 is 6.10 Å². The summed E-state index contributed by atoms with van der Waals surface area (Å²) in [6, 6.07) is 0. The van der Waals surface area contributed by atoms with Crippen molar-refractivity contribution in [2.75, 3.05) is 25.2 Å². The van der Waals surface area contributed by atoms with Crippen molar-refractivity contribution < 1.29 is 19.7 Å². The van der Waals surface area contributed by atoms with Crippen LogP contribution < -0.4 is 0 Å². The second-order valence-electron chi connectivity index (χ2n) is 2.28. The molecular formula is C7H14O4S. The molecule has 1 unspecified atom stereocenters. The van der Waals surface area contributed by atoms with Crippen molar-refractivity contribution in [1.82, 2.24) is 0 Å². The van der Waals surface area contributed by atoms with Gasteiger partial charge in [0, 0.05) is 6.42 Å². The van der Waals surface area contributed by atoms with Gasteiger partial charge in [-0.25, -0.2) is 0 Å². The SMILES string of the molecule is CSCC(=O)OCCC(O)CO. The predicted molar refractivity (Wildman–Crippen MR) is 47.1 cm³/mol. The second kappa shape index (κ2) is 7.39. The number of ether oxygens (including phenoxy) is 1. The summed E-state index contributed by atoms with van der Waals surface area (Å²) in [6.45, 7) is -0.124. The highest BCUT2D eigenvalue weighted by Gasteiger charge is 2.04. The van der Waals surface area contributed by atoms with Crippen LogP contribution in [0, 0.1) is 0 Å². The molecule has 0 radical (unpaired) electrons. The Bertz CT molecular complexity index is 129. The minimum Gasteiger partial charge on any atom is -0.465 e. The minimum atomic E-state index is -0.785. The third-order valence-electron chi connectivity index (χ3n) is 1.19. The molecule has 0 saturated carbocycles. The summed E-state index contributed by atoms with van der Waals surface area (Å²) >= 11 is 1.39. The molecule has 0 rings (SSSR count). The van der Waals surface area contributed by atoms with Gasteiger partial charge in [-0.1, -0.05) is 0 Å². The van der Waals surface area contributed by atoms with Crippen LogP contribution in [0.15, 0.2) is 0 Å². The first-order valence-corrected chi connectivity index (χ1v) is 5.03. The maximum absolute atomic E-state index is 10.7. The Morgan fingerprint density at radius 3 is 2.83 bits per heavy atom. The van der Waals surface area contributed by atoms with Gasteiger partial charge in [0.2, 0.25) is 0 Å². The Kier molecular flexibility index (Phi) is 7.23. The maximum atomic E-state index is 10.7. The monoisotopic (exact) mass is 194 g/mol. The van der Waals surface area contributed by atoms with E-state index in [1.807, 2.05) is 6.26 Å². The Balaban J connectivity index is 3.24. The molecule has 0 aliphatic heterocycles. The van der Waals surface area contributed by atoms with Crippen LogP contribution in [0.4, 0.5) is 0 Å². The zero-order chi connectivity index (χ0) is 9.40. The first kappa shape index (κ1) is 11.7. The molecular weight excluding hydrogens is 180 g/mol. The van der Waals surface area contributed by atoms with Crippen molar-refractivity contribution in [3.8, 4) is 0 Å². The maximum Gasteiger partial charge on any atom is 0.315 e. The van der Waals surface area contributed by atoms with E-state index in [1.54, 1.807) is 0 Å². The number of carbonyl (C=O) groups is 1. The first-order chi connectivity index (χ1) is 5.70. The summed E-state index contributed by atoms with van der Waals surface area (Å²) in [4.78, 5) is 10.7. The summed E-state index contributed by atoms with van der Waals surface area (Å²) in [7, 11) is 0. The third-order valence-corrected chi connectivity index (χ3v) is 1.71. The molecule has 12 heavy (non-hydrogen) atoms. The summed E-state index contributed by atoms with van der Waals surface area (Å²) in [5.74, 6) is 0.0440. The van der Waals surface area contributed by atoms with Crippen LogP contribution in [-0.2, 0) is 9.53 Å². The van der Waals surface area contributed by atoms with E-state index >= 15 is 0 Å². The first-order valence-electron chi connectivity index (χ1n) is 3.64. The van der Waals surface area contributed by atoms with Gasteiger partial charge in [0.05, 0.1) is 25.1 Å². The molecule has 0 spiro atoms. The zero-order valence-corrected chi connectivity index (χ0v) is 7.84. The molecule has 0 aromatic rings. The van der Waals surface area contributed by atoms with Crippen molar-refractivity contribution in [3.63, 3.8) is 0 Å². The zero-order valence-electron chi connectivity index (χ0n) is 7.02. The van der Waals surface area contributed by atoms with E-state index in [0.29, 0.717) is 5.75 Å². The van der Waals surface area contributed by atoms with Gasteiger partial charge in [-0.15, -0.1) is 0 Å². The number of esters is 1. The van der Waals surface area contributed by atoms with Gasteiger partial charge in [0.25, 0.3) is 0 Å². The van der Waals surface area contributed by atoms with E-state index in [0.717, 1.165) is 0 Å². The van der Waals surface area contributed by atoms with Gasteiger partial charge >= 0.3 is 5.97 Å². The molecule has 0 aliphatic rings. The van der Waals surface area contributed by atoms with Crippen molar-refractivity contribution in [1.29, 1.82) is 0 Å². The molecule has 1 atom stereocenters. The summed E-state index contributed by atoms with van der Waals surface area (Å²) in [6.07, 6.45) is 1.31. The van der Waals surface area contributed by atoms with Crippen LogP contribution in [-0.4, -0.2) is 47.5 Å². The average molecular weight is 194 g/mol. The van der Waals surface area contributed by atoms with E-state index in [9.17, 15) is 4.79 Å². The number of carbonyl (C=O) groups excluding carboxylic acids is 1. The van der Waals surface area contributed by atoms with Crippen LogP contribution in [0.3, 0.4) is 0 Å². The topological polar surface area (TPSA) is 66.8 Å². The normalized spacial score (nSPS) is 12.6. The summed E-state index contributed by atoms with van der Waals surface area (Å²) in [5.41, 5.74) is 0. The van der Waals surface area contributed by atoms with Gasteiger partial charge in [-0.3, -0.25) is 4.79 Å². The van der Waals surface area contributed by atoms with Gasteiger partial charge in [-0.2, -0.15) is 11.8 Å². The highest BCUT2D eigenvalue weighted by molar-refractivity contribution is 7.99. The molecule has 0 saturated heterocycles. The Morgan fingerprint density at radius 1 is 1.67 bits per heavy atom.